The molecule has 0 radical (unpaired) electrons. The molecule has 1 aliphatic heterocycles. The van der Waals surface area contributed by atoms with Crippen LogP contribution in [0.2, 0.25) is 0 Å². The Labute approximate surface area is 138 Å². The Bertz CT molecular complexity index is 745. The van der Waals surface area contributed by atoms with Crippen molar-refractivity contribution in [1.82, 2.24) is 0 Å². The van der Waals surface area contributed by atoms with Crippen LogP contribution in [0.1, 0.15) is 24.4 Å². The summed E-state index contributed by atoms with van der Waals surface area (Å²) in [4.78, 5) is 12.1. The fourth-order valence-corrected chi connectivity index (χ4v) is 3.53. The number of hydrogen-bond donors (Lipinski definition) is 0. The van der Waals surface area contributed by atoms with Crippen molar-refractivity contribution < 1.29 is 37.0 Å². The second-order valence-corrected chi connectivity index (χ2v) is 6.86. The number of carbonyl (C=O) groups is 1. The number of fused-ring (bicyclic) bond motifs is 2. The van der Waals surface area contributed by atoms with Gasteiger partial charge in [-0.3, -0.25) is 4.57 Å². The first kappa shape index (κ1) is 16.8. The number of carbonyl (C=O) groups excluding carboxylic acids is 1. The Morgan fingerprint density at radius 3 is 2.46 bits per heavy atom. The predicted octanol–water partition coefficient (Wildman–Crippen LogP) is 3.54. The lowest BCUT2D eigenvalue weighted by molar-refractivity contribution is 0.0499. The molecule has 3 rings (SSSR count). The highest BCUT2D eigenvalue weighted by molar-refractivity contribution is 7.53. The molecule has 9 heteroatoms. The minimum absolute atomic E-state index is 0.0202. The number of benzene rings is 1. The number of furan rings is 1. The SMILES string of the molecule is CCOP(=O)(COC(=O)c1cc2cc3c(cc2o1)OCO3)OCC. The average Bonchev–Trinajstić information content (AvgIpc) is 3.16. The van der Waals surface area contributed by atoms with E-state index in [1.54, 1.807) is 26.0 Å². The zero-order valence-electron chi connectivity index (χ0n) is 13.3. The Kier molecular flexibility index (Phi) is 4.80. The lowest BCUT2D eigenvalue weighted by Crippen LogP contribution is -2.09. The lowest BCUT2D eigenvalue weighted by Gasteiger charge is -2.16. The molecule has 0 bridgehead atoms. The van der Waals surface area contributed by atoms with Gasteiger partial charge in [0.15, 0.2) is 17.8 Å². The van der Waals surface area contributed by atoms with Gasteiger partial charge in [0.25, 0.3) is 0 Å². The molecular weight excluding hydrogens is 339 g/mol. The van der Waals surface area contributed by atoms with Crippen molar-refractivity contribution in [3.8, 4) is 11.5 Å². The first-order valence-corrected chi connectivity index (χ1v) is 9.16. The first-order valence-electron chi connectivity index (χ1n) is 7.43. The molecule has 0 fully saturated rings. The van der Waals surface area contributed by atoms with Crippen LogP contribution in [0.15, 0.2) is 22.6 Å². The summed E-state index contributed by atoms with van der Waals surface area (Å²) in [5.74, 6) is 0.357. The van der Waals surface area contributed by atoms with E-state index in [-0.39, 0.29) is 25.8 Å². The summed E-state index contributed by atoms with van der Waals surface area (Å²) in [6.07, 6.45) is -0.479. The van der Waals surface area contributed by atoms with Crippen LogP contribution in [0.4, 0.5) is 0 Å². The molecule has 1 aliphatic rings. The van der Waals surface area contributed by atoms with E-state index in [1.165, 1.54) is 6.07 Å². The molecule has 0 N–H and O–H groups in total. The maximum absolute atomic E-state index is 12.3. The summed E-state index contributed by atoms with van der Waals surface area (Å²) >= 11 is 0. The standard InChI is InChI=1S/C15H17O8P/c1-3-21-24(17,22-4-2)9-20-15(16)14-6-10-5-12-13(19-8-18-12)7-11(10)23-14/h5-7H,3-4,8-9H2,1-2H3. The Hall–Kier alpha value is -2.02. The maximum Gasteiger partial charge on any atom is 0.374 e. The zero-order valence-corrected chi connectivity index (χ0v) is 14.2. The molecule has 8 nitrogen and oxygen atoms in total. The van der Waals surface area contributed by atoms with Gasteiger partial charge in [-0.05, 0) is 26.0 Å². The molecule has 2 aromatic rings. The summed E-state index contributed by atoms with van der Waals surface area (Å²) in [7, 11) is -3.46. The van der Waals surface area contributed by atoms with Gasteiger partial charge in [-0.15, -0.1) is 0 Å². The third-order valence-electron chi connectivity index (χ3n) is 3.22. The van der Waals surface area contributed by atoms with Crippen molar-refractivity contribution in [3.63, 3.8) is 0 Å². The normalized spacial score (nSPS) is 13.4. The molecule has 0 amide bonds. The van der Waals surface area contributed by atoms with E-state index < -0.39 is 19.9 Å². The Morgan fingerprint density at radius 1 is 1.12 bits per heavy atom. The van der Waals surface area contributed by atoms with Crippen LogP contribution >= 0.6 is 7.60 Å². The predicted molar refractivity (Wildman–Crippen MR) is 83.5 cm³/mol. The molecule has 130 valence electrons. The molecule has 1 aromatic carbocycles. The summed E-state index contributed by atoms with van der Waals surface area (Å²) in [5.41, 5.74) is 0.462. The highest BCUT2D eigenvalue weighted by atomic mass is 31.2. The van der Waals surface area contributed by atoms with E-state index in [1.807, 2.05) is 0 Å². The van der Waals surface area contributed by atoms with Crippen molar-refractivity contribution >= 4 is 24.5 Å². The fraction of sp³-hybridized carbons (Fsp3) is 0.400. The maximum atomic E-state index is 12.3. The van der Waals surface area contributed by atoms with Crippen LogP contribution < -0.4 is 9.47 Å². The van der Waals surface area contributed by atoms with Crippen LogP contribution in [-0.2, 0) is 18.3 Å². The molecule has 24 heavy (non-hydrogen) atoms. The third kappa shape index (κ3) is 3.40. The van der Waals surface area contributed by atoms with Crippen LogP contribution in [-0.4, -0.2) is 32.3 Å². The largest absolute Gasteiger partial charge is 0.454 e. The molecule has 0 atom stereocenters. The minimum Gasteiger partial charge on any atom is -0.454 e. The summed E-state index contributed by atoms with van der Waals surface area (Å²) in [5, 5.41) is 0.670. The fourth-order valence-electron chi connectivity index (χ4n) is 2.24. The Balaban J connectivity index is 1.73. The molecule has 1 aromatic heterocycles. The van der Waals surface area contributed by atoms with Crippen molar-refractivity contribution in [2.45, 2.75) is 13.8 Å². The molecule has 2 heterocycles. The first-order chi connectivity index (χ1) is 11.5. The van der Waals surface area contributed by atoms with Crippen molar-refractivity contribution in [2.24, 2.45) is 0 Å². The van der Waals surface area contributed by atoms with Gasteiger partial charge >= 0.3 is 13.6 Å². The number of hydrogen-bond acceptors (Lipinski definition) is 8. The van der Waals surface area contributed by atoms with Crippen molar-refractivity contribution in [2.75, 3.05) is 26.4 Å². The van der Waals surface area contributed by atoms with Crippen molar-refractivity contribution in [3.05, 3.63) is 24.0 Å². The molecule has 0 aliphatic carbocycles. The summed E-state index contributed by atoms with van der Waals surface area (Å²) in [6.45, 7) is 3.88. The summed E-state index contributed by atoms with van der Waals surface area (Å²) in [6, 6.07) is 4.87. The van der Waals surface area contributed by atoms with E-state index >= 15 is 0 Å². The quantitative estimate of drug-likeness (QED) is 0.549. The molecule has 0 saturated heterocycles. The molecular formula is C15H17O8P. The van der Waals surface area contributed by atoms with Gasteiger partial charge in [0.05, 0.1) is 13.2 Å². The van der Waals surface area contributed by atoms with Gasteiger partial charge in [0, 0.05) is 11.5 Å². The van der Waals surface area contributed by atoms with Gasteiger partial charge in [-0.25, -0.2) is 4.79 Å². The van der Waals surface area contributed by atoms with Crippen LogP contribution in [0.25, 0.3) is 11.0 Å². The number of esters is 1. The van der Waals surface area contributed by atoms with Gasteiger partial charge in [-0.1, -0.05) is 0 Å². The van der Waals surface area contributed by atoms with E-state index in [4.69, 9.17) is 27.7 Å². The summed E-state index contributed by atoms with van der Waals surface area (Å²) < 4.78 is 43.4. The van der Waals surface area contributed by atoms with Crippen LogP contribution in [0, 0.1) is 0 Å². The molecule has 0 unspecified atom stereocenters. The van der Waals surface area contributed by atoms with Crippen LogP contribution in [0.5, 0.6) is 11.5 Å². The minimum atomic E-state index is -3.46. The highest BCUT2D eigenvalue weighted by Gasteiger charge is 2.27. The molecule has 0 spiro atoms. The van der Waals surface area contributed by atoms with Crippen LogP contribution in [0.3, 0.4) is 0 Å². The third-order valence-corrected chi connectivity index (χ3v) is 4.97. The van der Waals surface area contributed by atoms with Crippen molar-refractivity contribution in [1.29, 1.82) is 0 Å². The topological polar surface area (TPSA) is 93.4 Å². The van der Waals surface area contributed by atoms with Gasteiger partial charge in [-0.2, -0.15) is 0 Å². The van der Waals surface area contributed by atoms with E-state index in [2.05, 4.69) is 0 Å². The highest BCUT2D eigenvalue weighted by Crippen LogP contribution is 2.48. The van der Waals surface area contributed by atoms with Gasteiger partial charge in [0.1, 0.15) is 5.58 Å². The van der Waals surface area contributed by atoms with Gasteiger partial charge < -0.3 is 27.7 Å². The van der Waals surface area contributed by atoms with E-state index in [9.17, 15) is 9.36 Å². The van der Waals surface area contributed by atoms with Gasteiger partial charge in [0.2, 0.25) is 12.6 Å². The van der Waals surface area contributed by atoms with E-state index in [0.717, 1.165) is 0 Å². The number of rotatable bonds is 7. The second-order valence-electron chi connectivity index (χ2n) is 4.86. The smallest absolute Gasteiger partial charge is 0.374 e. The monoisotopic (exact) mass is 356 g/mol. The lowest BCUT2D eigenvalue weighted by atomic mass is 10.2. The zero-order chi connectivity index (χ0) is 17.2. The van der Waals surface area contributed by atoms with E-state index in [0.29, 0.717) is 22.5 Å². The second kappa shape index (κ2) is 6.84. The average molecular weight is 356 g/mol. The molecule has 0 saturated carbocycles. The Morgan fingerprint density at radius 2 is 1.79 bits per heavy atom. The number of ether oxygens (including phenoxy) is 3.